The van der Waals surface area contributed by atoms with Crippen molar-refractivity contribution in [2.24, 2.45) is 0 Å². The topological polar surface area (TPSA) is 76.7 Å². The van der Waals surface area contributed by atoms with Crippen molar-refractivity contribution in [3.63, 3.8) is 0 Å². The lowest BCUT2D eigenvalue weighted by Crippen LogP contribution is -2.45. The van der Waals surface area contributed by atoms with E-state index in [-0.39, 0.29) is 11.8 Å². The van der Waals surface area contributed by atoms with Crippen LogP contribution in [0.5, 0.6) is 11.5 Å². The van der Waals surface area contributed by atoms with Crippen LogP contribution in [0.15, 0.2) is 84.1 Å². The quantitative estimate of drug-likeness (QED) is 0.458. The van der Waals surface area contributed by atoms with E-state index in [1.165, 1.54) is 0 Å². The molecule has 2 N–H and O–H groups in total. The molecule has 0 spiro atoms. The number of hydrogen-bond donors (Lipinski definition) is 2. The van der Waals surface area contributed by atoms with Crippen LogP contribution in [0, 0.1) is 0 Å². The van der Waals surface area contributed by atoms with Crippen LogP contribution in [-0.4, -0.2) is 18.9 Å². The molecule has 4 rings (SSSR count). The second-order valence-corrected chi connectivity index (χ2v) is 8.03. The number of nitrogens with one attached hydrogen (secondary N) is 2. The summed E-state index contributed by atoms with van der Waals surface area (Å²) in [5.74, 6) is 0.888. The zero-order valence-corrected chi connectivity index (χ0v) is 19.0. The third kappa shape index (κ3) is 5.02. The van der Waals surface area contributed by atoms with Gasteiger partial charge in [0, 0.05) is 21.9 Å². The van der Waals surface area contributed by atoms with Gasteiger partial charge in [-0.2, -0.15) is 0 Å². The molecule has 1 aliphatic heterocycles. The summed E-state index contributed by atoms with van der Waals surface area (Å²) < 4.78 is 11.5. The van der Waals surface area contributed by atoms with Gasteiger partial charge in [-0.1, -0.05) is 60.1 Å². The highest BCUT2D eigenvalue weighted by atomic mass is 35.5. The summed E-state index contributed by atoms with van der Waals surface area (Å²) in [4.78, 5) is 25.5. The van der Waals surface area contributed by atoms with E-state index in [2.05, 4.69) is 10.6 Å². The first-order valence-corrected chi connectivity index (χ1v) is 10.8. The number of amides is 2. The molecule has 0 fully saturated rings. The van der Waals surface area contributed by atoms with Crippen molar-refractivity contribution in [3.05, 3.63) is 106 Å². The molecule has 0 aliphatic carbocycles. The fourth-order valence-corrected chi connectivity index (χ4v) is 3.84. The molecule has 0 radical (unpaired) electrons. The molecule has 33 heavy (non-hydrogen) atoms. The number of Topliss-reactive ketones (excluding diaryl/α,β-unsaturated/α-hetero) is 1. The van der Waals surface area contributed by atoms with Crippen molar-refractivity contribution in [2.75, 3.05) is 7.11 Å². The molecule has 0 saturated heterocycles. The first-order chi connectivity index (χ1) is 16.0. The van der Waals surface area contributed by atoms with Gasteiger partial charge in [-0.15, -0.1) is 0 Å². The van der Waals surface area contributed by atoms with Crippen LogP contribution < -0.4 is 20.1 Å². The summed E-state index contributed by atoms with van der Waals surface area (Å²) >= 11 is 5.94. The van der Waals surface area contributed by atoms with E-state index in [1.54, 1.807) is 50.4 Å². The van der Waals surface area contributed by atoms with Crippen molar-refractivity contribution in [2.45, 2.75) is 19.6 Å². The molecule has 1 atom stereocenters. The Morgan fingerprint density at radius 2 is 1.73 bits per heavy atom. The molecule has 1 aliphatic rings. The molecule has 3 aromatic rings. The fraction of sp³-hybridized carbons (Fsp3) is 0.154. The third-order valence-corrected chi connectivity index (χ3v) is 5.63. The van der Waals surface area contributed by atoms with Gasteiger partial charge in [0.05, 0.1) is 13.2 Å². The minimum atomic E-state index is -0.634. The Hall–Kier alpha value is -3.77. The maximum absolute atomic E-state index is 13.3. The van der Waals surface area contributed by atoms with Gasteiger partial charge in [-0.25, -0.2) is 4.79 Å². The second kappa shape index (κ2) is 9.79. The molecule has 7 heteroatoms. The number of allylic oxidation sites excluding steroid dienone is 1. The Balaban J connectivity index is 1.63. The van der Waals surface area contributed by atoms with Gasteiger partial charge >= 0.3 is 6.03 Å². The first kappa shape index (κ1) is 22.4. The van der Waals surface area contributed by atoms with Gasteiger partial charge in [-0.3, -0.25) is 4.79 Å². The van der Waals surface area contributed by atoms with Crippen LogP contribution in [0.1, 0.15) is 34.5 Å². The Kier molecular flexibility index (Phi) is 6.66. The van der Waals surface area contributed by atoms with Gasteiger partial charge in [-0.05, 0) is 42.3 Å². The number of rotatable bonds is 7. The largest absolute Gasteiger partial charge is 0.493 e. The lowest BCUT2D eigenvalue weighted by atomic mass is 9.89. The van der Waals surface area contributed by atoms with Gasteiger partial charge in [0.15, 0.2) is 17.3 Å². The Labute approximate surface area is 197 Å². The van der Waals surface area contributed by atoms with Crippen LogP contribution in [0.2, 0.25) is 5.02 Å². The normalized spacial score (nSPS) is 15.5. The molecule has 3 aromatic carbocycles. The summed E-state index contributed by atoms with van der Waals surface area (Å²) in [6.07, 6.45) is 0. The van der Waals surface area contributed by atoms with Gasteiger partial charge < -0.3 is 20.1 Å². The first-order valence-electron chi connectivity index (χ1n) is 10.4. The SMILES string of the molecule is COc1cc([C@@H]2NC(=O)NC(C)=C2C(=O)c2ccccc2)ccc1OCc1ccc(Cl)cc1. The number of halogens is 1. The van der Waals surface area contributed by atoms with Crippen molar-refractivity contribution in [1.29, 1.82) is 0 Å². The molecule has 1 heterocycles. The molecular weight excluding hydrogens is 440 g/mol. The number of carbonyl (C=O) groups is 2. The predicted octanol–water partition coefficient (Wildman–Crippen LogP) is 5.44. The Morgan fingerprint density at radius 1 is 1.00 bits per heavy atom. The zero-order valence-electron chi connectivity index (χ0n) is 18.2. The van der Waals surface area contributed by atoms with Crippen molar-refractivity contribution in [3.8, 4) is 11.5 Å². The van der Waals surface area contributed by atoms with Gasteiger partial charge in [0.25, 0.3) is 0 Å². The standard InChI is InChI=1S/C26H23ClN2O4/c1-16-23(25(30)18-6-4-3-5-7-18)24(29-26(31)28-16)19-10-13-21(22(14-19)32-2)33-15-17-8-11-20(27)12-9-17/h3-14,24H,15H2,1-2H3,(H2,28,29,31)/t24-/m0/s1. The van der Waals surface area contributed by atoms with Crippen LogP contribution in [0.25, 0.3) is 0 Å². The third-order valence-electron chi connectivity index (χ3n) is 5.38. The van der Waals surface area contributed by atoms with E-state index in [1.807, 2.05) is 36.4 Å². The lowest BCUT2D eigenvalue weighted by Gasteiger charge is -2.29. The Morgan fingerprint density at radius 3 is 2.42 bits per heavy atom. The van der Waals surface area contributed by atoms with Crippen molar-refractivity contribution in [1.82, 2.24) is 10.6 Å². The van der Waals surface area contributed by atoms with Gasteiger partial charge in [0.2, 0.25) is 0 Å². The van der Waals surface area contributed by atoms with Gasteiger partial charge in [0.1, 0.15) is 6.61 Å². The van der Waals surface area contributed by atoms with E-state index >= 15 is 0 Å². The minimum Gasteiger partial charge on any atom is -0.493 e. The number of urea groups is 1. The average molecular weight is 463 g/mol. The molecule has 168 valence electrons. The molecule has 0 aromatic heterocycles. The highest BCUT2D eigenvalue weighted by Crippen LogP contribution is 2.35. The summed E-state index contributed by atoms with van der Waals surface area (Å²) in [5, 5.41) is 6.23. The summed E-state index contributed by atoms with van der Waals surface area (Å²) in [6, 6.07) is 20.7. The summed E-state index contributed by atoms with van der Waals surface area (Å²) in [6.45, 7) is 2.07. The number of benzene rings is 3. The van der Waals surface area contributed by atoms with Crippen molar-refractivity contribution < 1.29 is 19.1 Å². The smallest absolute Gasteiger partial charge is 0.319 e. The highest BCUT2D eigenvalue weighted by Gasteiger charge is 2.32. The number of ketones is 1. The highest BCUT2D eigenvalue weighted by molar-refractivity contribution is 6.30. The molecule has 0 bridgehead atoms. The van der Waals surface area contributed by atoms with Crippen LogP contribution in [0.4, 0.5) is 4.79 Å². The van der Waals surface area contributed by atoms with E-state index in [0.717, 1.165) is 5.56 Å². The van der Waals surface area contributed by atoms with E-state index in [0.29, 0.717) is 45.5 Å². The monoisotopic (exact) mass is 462 g/mol. The molecular formula is C26H23ClN2O4. The number of ether oxygens (including phenoxy) is 2. The lowest BCUT2D eigenvalue weighted by molar-refractivity contribution is 0.102. The van der Waals surface area contributed by atoms with Crippen LogP contribution in [0.3, 0.4) is 0 Å². The van der Waals surface area contributed by atoms with Crippen LogP contribution >= 0.6 is 11.6 Å². The molecule has 0 saturated carbocycles. The minimum absolute atomic E-state index is 0.160. The van der Waals surface area contributed by atoms with Crippen LogP contribution in [-0.2, 0) is 6.61 Å². The number of methoxy groups -OCH3 is 1. The molecule has 2 amide bonds. The number of hydrogen-bond acceptors (Lipinski definition) is 4. The maximum Gasteiger partial charge on any atom is 0.319 e. The van der Waals surface area contributed by atoms with E-state index in [9.17, 15) is 9.59 Å². The van der Waals surface area contributed by atoms with E-state index in [4.69, 9.17) is 21.1 Å². The Bertz CT molecular complexity index is 1210. The maximum atomic E-state index is 13.3. The second-order valence-electron chi connectivity index (χ2n) is 7.59. The van der Waals surface area contributed by atoms with E-state index < -0.39 is 6.04 Å². The van der Waals surface area contributed by atoms with Crippen molar-refractivity contribution >= 4 is 23.4 Å². The molecule has 0 unspecified atom stereocenters. The average Bonchev–Trinajstić information content (AvgIpc) is 2.83. The predicted molar refractivity (Wildman–Crippen MR) is 127 cm³/mol. The number of carbonyl (C=O) groups excluding carboxylic acids is 2. The summed E-state index contributed by atoms with van der Waals surface area (Å²) in [7, 11) is 1.55. The molecule has 6 nitrogen and oxygen atoms in total. The zero-order chi connectivity index (χ0) is 23.4. The fourth-order valence-electron chi connectivity index (χ4n) is 3.71. The summed E-state index contributed by atoms with van der Waals surface area (Å²) in [5.41, 5.74) is 3.20.